The van der Waals surface area contributed by atoms with E-state index in [0.29, 0.717) is 17.1 Å². The fraction of sp³-hybridized carbons (Fsp3) is 0.312. The molecule has 1 heterocycles. The van der Waals surface area contributed by atoms with Gasteiger partial charge in [-0.25, -0.2) is 13.2 Å². The maximum absolute atomic E-state index is 12.6. The predicted octanol–water partition coefficient (Wildman–Crippen LogP) is 1.04. The third-order valence-corrected chi connectivity index (χ3v) is 5.63. The van der Waals surface area contributed by atoms with Gasteiger partial charge in [0.15, 0.2) is 0 Å². The zero-order chi connectivity index (χ0) is 19.6. The summed E-state index contributed by atoms with van der Waals surface area (Å²) in [5.41, 5.74) is 1.25. The van der Waals surface area contributed by atoms with Crippen molar-refractivity contribution in [3.63, 3.8) is 0 Å². The normalized spacial score (nSPS) is 12.6. The number of carbonyl (C=O) groups excluding carboxylic acids is 1. The number of carbonyl (C=O) groups is 2. The number of carboxylic acid groups (broad SMARTS) is 1. The molecule has 1 amide bonds. The number of carboxylic acids is 1. The maximum atomic E-state index is 12.6. The predicted molar refractivity (Wildman–Crippen MR) is 94.5 cm³/mol. The highest BCUT2D eigenvalue weighted by molar-refractivity contribution is 7.89. The smallest absolute Gasteiger partial charge is 0.335 e. The highest BCUT2D eigenvalue weighted by atomic mass is 32.2. The van der Waals surface area contributed by atoms with E-state index in [-0.39, 0.29) is 10.5 Å². The van der Waals surface area contributed by atoms with Crippen LogP contribution in [0.25, 0.3) is 0 Å². The van der Waals surface area contributed by atoms with Crippen LogP contribution >= 0.6 is 0 Å². The molecule has 1 aromatic heterocycles. The average molecular weight is 380 g/mol. The van der Waals surface area contributed by atoms with Crippen LogP contribution in [0.4, 0.5) is 5.69 Å². The molecule has 1 unspecified atom stereocenters. The summed E-state index contributed by atoms with van der Waals surface area (Å²) in [4.78, 5) is 23.1. The quantitative estimate of drug-likeness (QED) is 0.686. The molecule has 2 rings (SSSR count). The summed E-state index contributed by atoms with van der Waals surface area (Å²) in [7, 11) is -2.29. The van der Waals surface area contributed by atoms with Crippen molar-refractivity contribution in [2.45, 2.75) is 31.7 Å². The van der Waals surface area contributed by atoms with Gasteiger partial charge in [-0.15, -0.1) is 0 Å². The molecule has 10 heteroatoms. The molecule has 1 atom stereocenters. The molecular formula is C16H20N4O5S. The number of amides is 1. The van der Waals surface area contributed by atoms with Crippen molar-refractivity contribution in [1.29, 1.82) is 0 Å². The van der Waals surface area contributed by atoms with Gasteiger partial charge in [-0.3, -0.25) is 9.48 Å². The second-order valence-electron chi connectivity index (χ2n) is 5.84. The zero-order valence-corrected chi connectivity index (χ0v) is 15.6. The number of aromatic nitrogens is 2. The summed E-state index contributed by atoms with van der Waals surface area (Å²) in [5, 5.41) is 15.5. The van der Waals surface area contributed by atoms with E-state index in [1.54, 1.807) is 20.9 Å². The van der Waals surface area contributed by atoms with Crippen LogP contribution in [0.5, 0.6) is 0 Å². The molecule has 3 N–H and O–H groups in total. The van der Waals surface area contributed by atoms with Crippen LogP contribution in [-0.2, 0) is 21.9 Å². The number of hydrogen-bond donors (Lipinski definition) is 3. The van der Waals surface area contributed by atoms with Crippen molar-refractivity contribution >= 4 is 27.6 Å². The average Bonchev–Trinajstić information content (AvgIpc) is 2.80. The number of anilines is 1. The van der Waals surface area contributed by atoms with Crippen LogP contribution < -0.4 is 10.0 Å². The summed E-state index contributed by atoms with van der Waals surface area (Å²) in [6.45, 7) is 4.62. The van der Waals surface area contributed by atoms with Gasteiger partial charge in [-0.1, -0.05) is 0 Å². The van der Waals surface area contributed by atoms with Crippen LogP contribution in [0.2, 0.25) is 0 Å². The van der Waals surface area contributed by atoms with E-state index in [9.17, 15) is 18.0 Å². The van der Waals surface area contributed by atoms with Crippen molar-refractivity contribution in [3.05, 3.63) is 41.2 Å². The summed E-state index contributed by atoms with van der Waals surface area (Å²) in [6.07, 6.45) is 0. The fourth-order valence-electron chi connectivity index (χ4n) is 2.43. The molecule has 1 aromatic carbocycles. The van der Waals surface area contributed by atoms with Gasteiger partial charge in [0, 0.05) is 12.7 Å². The van der Waals surface area contributed by atoms with Crippen molar-refractivity contribution in [2.24, 2.45) is 7.05 Å². The highest BCUT2D eigenvalue weighted by Crippen LogP contribution is 2.19. The van der Waals surface area contributed by atoms with Crippen LogP contribution in [0.1, 0.15) is 28.7 Å². The molecule has 26 heavy (non-hydrogen) atoms. The Kier molecular flexibility index (Phi) is 5.47. The monoisotopic (exact) mass is 380 g/mol. The molecule has 0 saturated carbocycles. The van der Waals surface area contributed by atoms with Gasteiger partial charge >= 0.3 is 5.97 Å². The van der Waals surface area contributed by atoms with E-state index in [0.717, 1.165) is 0 Å². The van der Waals surface area contributed by atoms with E-state index < -0.39 is 27.9 Å². The Bertz CT molecular complexity index is 948. The summed E-state index contributed by atoms with van der Waals surface area (Å²) < 4.78 is 28.9. The van der Waals surface area contributed by atoms with E-state index in [4.69, 9.17) is 5.11 Å². The Labute approximate surface area is 151 Å². The molecular weight excluding hydrogens is 360 g/mol. The largest absolute Gasteiger partial charge is 0.478 e. The van der Waals surface area contributed by atoms with Gasteiger partial charge in [0.05, 0.1) is 23.0 Å². The first-order valence-corrected chi connectivity index (χ1v) is 9.18. The lowest BCUT2D eigenvalue weighted by atomic mass is 10.2. The van der Waals surface area contributed by atoms with Gasteiger partial charge in [-0.05, 0) is 45.0 Å². The SMILES string of the molecule is Cc1nn(C)c(C)c1S(=O)(=O)NC(C)C(=O)Nc1ccc(C(=O)O)cc1. The molecule has 2 aromatic rings. The molecule has 0 aliphatic rings. The zero-order valence-electron chi connectivity index (χ0n) is 14.8. The molecule has 9 nitrogen and oxygen atoms in total. The number of nitrogens with one attached hydrogen (secondary N) is 2. The van der Waals surface area contributed by atoms with Crippen LogP contribution in [-0.4, -0.2) is 41.2 Å². The third-order valence-electron chi connectivity index (χ3n) is 3.84. The Balaban J connectivity index is 2.12. The van der Waals surface area contributed by atoms with Crippen LogP contribution in [0.15, 0.2) is 29.2 Å². The Hall–Kier alpha value is -2.72. The number of aromatic carboxylic acids is 1. The van der Waals surface area contributed by atoms with Crippen LogP contribution in [0, 0.1) is 13.8 Å². The lowest BCUT2D eigenvalue weighted by molar-refractivity contribution is -0.117. The molecule has 0 aliphatic carbocycles. The second-order valence-corrected chi connectivity index (χ2v) is 7.49. The first kappa shape index (κ1) is 19.6. The highest BCUT2D eigenvalue weighted by Gasteiger charge is 2.27. The minimum atomic E-state index is -3.93. The summed E-state index contributed by atoms with van der Waals surface area (Å²) in [5.74, 6) is -1.65. The van der Waals surface area contributed by atoms with Gasteiger partial charge in [0.25, 0.3) is 0 Å². The summed E-state index contributed by atoms with van der Waals surface area (Å²) in [6, 6.07) is 4.50. The molecule has 0 radical (unpaired) electrons. The topological polar surface area (TPSA) is 130 Å². The van der Waals surface area contributed by atoms with E-state index in [1.807, 2.05) is 0 Å². The third kappa shape index (κ3) is 4.09. The first-order chi connectivity index (χ1) is 12.0. The molecule has 0 bridgehead atoms. The van der Waals surface area contributed by atoms with E-state index in [2.05, 4.69) is 15.1 Å². The second kappa shape index (κ2) is 7.26. The lowest BCUT2D eigenvalue weighted by Gasteiger charge is -2.15. The standard InChI is InChI=1S/C16H20N4O5S/c1-9-14(11(3)20(4)18-9)26(24,25)19-10(2)15(21)17-13-7-5-12(6-8-13)16(22)23/h5-8,10,19H,1-4H3,(H,17,21)(H,22,23). The maximum Gasteiger partial charge on any atom is 0.335 e. The lowest BCUT2D eigenvalue weighted by Crippen LogP contribution is -2.41. The van der Waals surface area contributed by atoms with Crippen molar-refractivity contribution in [3.8, 4) is 0 Å². The summed E-state index contributed by atoms with van der Waals surface area (Å²) >= 11 is 0. The number of nitrogens with zero attached hydrogens (tertiary/aromatic N) is 2. The molecule has 0 spiro atoms. The first-order valence-electron chi connectivity index (χ1n) is 7.69. The van der Waals surface area contributed by atoms with Gasteiger partial charge < -0.3 is 10.4 Å². The Morgan fingerprint density at radius 1 is 1.19 bits per heavy atom. The fourth-order valence-corrected chi connectivity index (χ4v) is 4.08. The molecule has 140 valence electrons. The van der Waals surface area contributed by atoms with Crippen LogP contribution in [0.3, 0.4) is 0 Å². The minimum Gasteiger partial charge on any atom is -0.478 e. The number of aryl methyl sites for hydroxylation is 2. The number of sulfonamides is 1. The minimum absolute atomic E-state index is 0.0467. The molecule has 0 aliphatic heterocycles. The molecule has 0 saturated heterocycles. The van der Waals surface area contributed by atoms with Crippen molar-refractivity contribution in [2.75, 3.05) is 5.32 Å². The Morgan fingerprint density at radius 2 is 1.77 bits per heavy atom. The van der Waals surface area contributed by atoms with Gasteiger partial charge in [-0.2, -0.15) is 9.82 Å². The number of benzene rings is 1. The molecule has 0 fully saturated rings. The Morgan fingerprint density at radius 3 is 2.23 bits per heavy atom. The number of rotatable bonds is 6. The number of hydrogen-bond acceptors (Lipinski definition) is 5. The van der Waals surface area contributed by atoms with Gasteiger partial charge in [0.2, 0.25) is 15.9 Å². The van der Waals surface area contributed by atoms with Crippen molar-refractivity contribution in [1.82, 2.24) is 14.5 Å². The van der Waals surface area contributed by atoms with E-state index >= 15 is 0 Å². The van der Waals surface area contributed by atoms with Gasteiger partial charge in [0.1, 0.15) is 4.90 Å². The van der Waals surface area contributed by atoms with Crippen molar-refractivity contribution < 1.29 is 23.1 Å². The van der Waals surface area contributed by atoms with E-state index in [1.165, 1.54) is 35.9 Å².